The topological polar surface area (TPSA) is 37.4 Å². The quantitative estimate of drug-likeness (QED) is 0.742. The van der Waals surface area contributed by atoms with Crippen molar-refractivity contribution in [2.45, 2.75) is 26.7 Å². The molecule has 0 spiro atoms. The third-order valence-corrected chi connectivity index (χ3v) is 3.01. The molecule has 0 unspecified atom stereocenters. The van der Waals surface area contributed by atoms with E-state index in [-0.39, 0.29) is 18.2 Å². The molecule has 0 saturated carbocycles. The number of Topliss-reactive ketones (excluding diaryl/α,β-unsaturated/α-hetero) is 1. The van der Waals surface area contributed by atoms with Gasteiger partial charge in [0.15, 0.2) is 5.78 Å². The number of piperidine rings is 1. The first-order valence-corrected chi connectivity index (χ1v) is 5.95. The molecule has 90 valence electrons. The summed E-state index contributed by atoms with van der Waals surface area (Å²) >= 11 is 0. The number of aryl methyl sites for hydroxylation is 2. The first-order valence-electron chi connectivity index (χ1n) is 5.95. The molecular formula is C14H17NO2. The Kier molecular flexibility index (Phi) is 3.27. The Hall–Kier alpha value is -1.64. The molecule has 0 bridgehead atoms. The largest absolute Gasteiger partial charge is 0.331 e. The third kappa shape index (κ3) is 2.73. The van der Waals surface area contributed by atoms with E-state index in [1.807, 2.05) is 32.0 Å². The van der Waals surface area contributed by atoms with Crippen molar-refractivity contribution in [3.63, 3.8) is 0 Å². The lowest BCUT2D eigenvalue weighted by molar-refractivity contribution is -0.121. The van der Waals surface area contributed by atoms with Gasteiger partial charge >= 0.3 is 0 Å². The zero-order valence-corrected chi connectivity index (χ0v) is 10.3. The standard InChI is InChI=1S/C14H17NO2/c1-10-6-11(2)8-12(7-10)14(17)15-5-3-4-13(16)9-15/h6-8H,3-5,9H2,1-2H3. The summed E-state index contributed by atoms with van der Waals surface area (Å²) in [5, 5.41) is 0. The van der Waals surface area contributed by atoms with Crippen LogP contribution >= 0.6 is 0 Å². The molecule has 17 heavy (non-hydrogen) atoms. The fourth-order valence-electron chi connectivity index (χ4n) is 2.29. The lowest BCUT2D eigenvalue weighted by atomic mass is 10.0. The molecule has 1 saturated heterocycles. The molecule has 1 fully saturated rings. The average molecular weight is 231 g/mol. The molecule has 3 heteroatoms. The molecule has 0 aromatic heterocycles. The lowest BCUT2D eigenvalue weighted by Gasteiger charge is -2.26. The summed E-state index contributed by atoms with van der Waals surface area (Å²) in [5.74, 6) is 0.138. The molecule has 1 heterocycles. The number of carbonyl (C=O) groups is 2. The van der Waals surface area contributed by atoms with Gasteiger partial charge in [-0.3, -0.25) is 9.59 Å². The fourth-order valence-corrected chi connectivity index (χ4v) is 2.29. The number of hydrogen-bond acceptors (Lipinski definition) is 2. The van der Waals surface area contributed by atoms with Crippen molar-refractivity contribution in [1.82, 2.24) is 4.90 Å². The predicted molar refractivity (Wildman–Crippen MR) is 66.1 cm³/mol. The average Bonchev–Trinajstić information content (AvgIpc) is 2.26. The zero-order valence-electron chi connectivity index (χ0n) is 10.3. The van der Waals surface area contributed by atoms with Crippen LogP contribution in [0.4, 0.5) is 0 Å². The Balaban J connectivity index is 2.21. The highest BCUT2D eigenvalue weighted by Crippen LogP contribution is 2.14. The van der Waals surface area contributed by atoms with Gasteiger partial charge in [-0.2, -0.15) is 0 Å². The van der Waals surface area contributed by atoms with E-state index < -0.39 is 0 Å². The molecule has 1 aromatic carbocycles. The van der Waals surface area contributed by atoms with E-state index in [9.17, 15) is 9.59 Å². The molecular weight excluding hydrogens is 214 g/mol. The van der Waals surface area contributed by atoms with E-state index in [1.54, 1.807) is 4.90 Å². The van der Waals surface area contributed by atoms with Crippen molar-refractivity contribution in [2.75, 3.05) is 13.1 Å². The van der Waals surface area contributed by atoms with E-state index >= 15 is 0 Å². The highest BCUT2D eigenvalue weighted by atomic mass is 16.2. The Morgan fingerprint density at radius 1 is 1.18 bits per heavy atom. The second-order valence-corrected chi connectivity index (χ2v) is 4.75. The highest BCUT2D eigenvalue weighted by Gasteiger charge is 2.22. The Morgan fingerprint density at radius 2 is 1.82 bits per heavy atom. The first kappa shape index (κ1) is 11.8. The van der Waals surface area contributed by atoms with Crippen molar-refractivity contribution >= 4 is 11.7 Å². The molecule has 0 aliphatic carbocycles. The number of carbonyl (C=O) groups excluding carboxylic acids is 2. The van der Waals surface area contributed by atoms with Crippen molar-refractivity contribution in [3.8, 4) is 0 Å². The minimum Gasteiger partial charge on any atom is -0.331 e. The number of amides is 1. The molecule has 1 amide bonds. The molecule has 1 aliphatic rings. The SMILES string of the molecule is Cc1cc(C)cc(C(=O)N2CCCC(=O)C2)c1. The Morgan fingerprint density at radius 3 is 2.41 bits per heavy atom. The van der Waals surface area contributed by atoms with Crippen LogP contribution in [0.5, 0.6) is 0 Å². The van der Waals surface area contributed by atoms with Crippen LogP contribution in [0, 0.1) is 13.8 Å². The number of hydrogen-bond donors (Lipinski definition) is 0. The van der Waals surface area contributed by atoms with Gasteiger partial charge in [-0.25, -0.2) is 0 Å². The van der Waals surface area contributed by atoms with Crippen LogP contribution in [0.1, 0.15) is 34.3 Å². The van der Waals surface area contributed by atoms with Crippen LogP contribution in [0.2, 0.25) is 0 Å². The number of rotatable bonds is 1. The maximum absolute atomic E-state index is 12.2. The number of benzene rings is 1. The second kappa shape index (κ2) is 4.70. The van der Waals surface area contributed by atoms with Crippen molar-refractivity contribution in [1.29, 1.82) is 0 Å². The minimum atomic E-state index is -0.0233. The monoisotopic (exact) mass is 231 g/mol. The second-order valence-electron chi connectivity index (χ2n) is 4.75. The van der Waals surface area contributed by atoms with Gasteiger partial charge in [-0.1, -0.05) is 17.2 Å². The maximum atomic E-state index is 12.2. The summed E-state index contributed by atoms with van der Waals surface area (Å²) in [4.78, 5) is 25.2. The van der Waals surface area contributed by atoms with Crippen LogP contribution in [0.15, 0.2) is 18.2 Å². The van der Waals surface area contributed by atoms with Gasteiger partial charge in [-0.15, -0.1) is 0 Å². The number of nitrogens with zero attached hydrogens (tertiary/aromatic N) is 1. The van der Waals surface area contributed by atoms with E-state index in [4.69, 9.17) is 0 Å². The Bertz CT molecular complexity index is 445. The lowest BCUT2D eigenvalue weighted by Crippen LogP contribution is -2.40. The van der Waals surface area contributed by atoms with Crippen LogP contribution in [0.25, 0.3) is 0 Å². The van der Waals surface area contributed by atoms with E-state index in [0.29, 0.717) is 18.5 Å². The van der Waals surface area contributed by atoms with Gasteiger partial charge in [0.25, 0.3) is 5.91 Å². The van der Waals surface area contributed by atoms with Gasteiger partial charge in [0, 0.05) is 18.5 Å². The van der Waals surface area contributed by atoms with Gasteiger partial charge < -0.3 is 4.90 Å². The van der Waals surface area contributed by atoms with Crippen molar-refractivity contribution in [2.24, 2.45) is 0 Å². The smallest absolute Gasteiger partial charge is 0.254 e. The summed E-state index contributed by atoms with van der Waals surface area (Å²) in [7, 11) is 0. The zero-order chi connectivity index (χ0) is 12.4. The van der Waals surface area contributed by atoms with Gasteiger partial charge in [0.1, 0.15) is 0 Å². The van der Waals surface area contributed by atoms with Crippen LogP contribution in [-0.2, 0) is 4.79 Å². The molecule has 0 atom stereocenters. The van der Waals surface area contributed by atoms with Crippen molar-refractivity contribution in [3.05, 3.63) is 34.9 Å². The van der Waals surface area contributed by atoms with E-state index in [0.717, 1.165) is 17.5 Å². The summed E-state index contributed by atoms with van der Waals surface area (Å²) in [6.45, 7) is 4.92. The number of likely N-dealkylation sites (tertiary alicyclic amines) is 1. The van der Waals surface area contributed by atoms with Crippen molar-refractivity contribution < 1.29 is 9.59 Å². The summed E-state index contributed by atoms with van der Waals surface area (Å²) in [6.07, 6.45) is 1.39. The molecule has 0 radical (unpaired) electrons. The van der Waals surface area contributed by atoms with E-state index in [1.165, 1.54) is 0 Å². The van der Waals surface area contributed by atoms with Crippen LogP contribution in [-0.4, -0.2) is 29.7 Å². The fraction of sp³-hybridized carbons (Fsp3) is 0.429. The number of ketones is 1. The van der Waals surface area contributed by atoms with Gasteiger partial charge in [-0.05, 0) is 32.4 Å². The molecule has 1 aromatic rings. The van der Waals surface area contributed by atoms with Crippen LogP contribution < -0.4 is 0 Å². The maximum Gasteiger partial charge on any atom is 0.254 e. The Labute approximate surface area is 101 Å². The summed E-state index contributed by atoms with van der Waals surface area (Å²) in [6, 6.07) is 5.81. The normalized spacial score (nSPS) is 16.1. The summed E-state index contributed by atoms with van der Waals surface area (Å²) in [5.41, 5.74) is 2.85. The molecule has 1 aliphatic heterocycles. The summed E-state index contributed by atoms with van der Waals surface area (Å²) < 4.78 is 0. The third-order valence-electron chi connectivity index (χ3n) is 3.01. The molecule has 0 N–H and O–H groups in total. The highest BCUT2D eigenvalue weighted by molar-refractivity contribution is 5.97. The molecule has 2 rings (SSSR count). The minimum absolute atomic E-state index is 0.0233. The van der Waals surface area contributed by atoms with Gasteiger partial charge in [0.05, 0.1) is 6.54 Å². The first-order chi connectivity index (χ1) is 8.06. The predicted octanol–water partition coefficient (Wildman–Crippen LogP) is 2.11. The molecule has 3 nitrogen and oxygen atoms in total. The van der Waals surface area contributed by atoms with Gasteiger partial charge in [0.2, 0.25) is 0 Å². The van der Waals surface area contributed by atoms with E-state index in [2.05, 4.69) is 0 Å². The van der Waals surface area contributed by atoms with Crippen LogP contribution in [0.3, 0.4) is 0 Å².